The van der Waals surface area contributed by atoms with E-state index in [1.54, 1.807) is 0 Å². The topological polar surface area (TPSA) is 30.5 Å². The number of hydrogen-bond donors (Lipinski definition) is 1. The van der Waals surface area contributed by atoms with Crippen molar-refractivity contribution in [2.24, 2.45) is 5.92 Å². The fourth-order valence-corrected chi connectivity index (χ4v) is 3.12. The van der Waals surface area contributed by atoms with Gasteiger partial charge in [-0.15, -0.1) is 0 Å². The molecule has 2 heterocycles. The van der Waals surface area contributed by atoms with Gasteiger partial charge in [-0.05, 0) is 24.6 Å². The zero-order valence-corrected chi connectivity index (χ0v) is 11.2. The van der Waals surface area contributed by atoms with Crippen molar-refractivity contribution in [3.8, 4) is 5.75 Å². The van der Waals surface area contributed by atoms with Gasteiger partial charge in [0.1, 0.15) is 5.75 Å². The van der Waals surface area contributed by atoms with Gasteiger partial charge in [0, 0.05) is 17.2 Å². The van der Waals surface area contributed by atoms with Crippen LogP contribution in [0.2, 0.25) is 0 Å². The zero-order chi connectivity index (χ0) is 13.4. The smallest absolute Gasteiger partial charge is 0.205 e. The Morgan fingerprint density at radius 2 is 1.75 bits per heavy atom. The second-order valence-electron chi connectivity index (χ2n) is 5.34. The third-order valence-corrected chi connectivity index (χ3v) is 4.10. The van der Waals surface area contributed by atoms with Gasteiger partial charge < -0.3 is 14.8 Å². The summed E-state index contributed by atoms with van der Waals surface area (Å²) in [6.45, 7) is 0.774. The first-order chi connectivity index (χ1) is 9.92. The molecular weight excluding hydrogens is 250 g/mol. The summed E-state index contributed by atoms with van der Waals surface area (Å²) in [5, 5.41) is 3.65. The molecule has 0 spiro atoms. The van der Waals surface area contributed by atoms with Gasteiger partial charge >= 0.3 is 0 Å². The third kappa shape index (κ3) is 1.95. The molecule has 0 aromatic heterocycles. The lowest BCUT2D eigenvalue weighted by atomic mass is 9.88. The summed E-state index contributed by atoms with van der Waals surface area (Å²) < 4.78 is 11.7. The molecule has 0 aliphatic carbocycles. The van der Waals surface area contributed by atoms with Crippen LogP contribution in [0.15, 0.2) is 54.6 Å². The molecule has 3 nitrogen and oxygen atoms in total. The average molecular weight is 267 g/mol. The summed E-state index contributed by atoms with van der Waals surface area (Å²) in [5.41, 5.74) is 2.36. The molecule has 2 aromatic rings. The van der Waals surface area contributed by atoms with Crippen molar-refractivity contribution in [3.05, 3.63) is 60.2 Å². The van der Waals surface area contributed by atoms with E-state index in [9.17, 15) is 0 Å². The van der Waals surface area contributed by atoms with Crippen LogP contribution < -0.4 is 10.1 Å². The maximum absolute atomic E-state index is 5.96. The van der Waals surface area contributed by atoms with Crippen LogP contribution in [0.3, 0.4) is 0 Å². The van der Waals surface area contributed by atoms with Crippen LogP contribution >= 0.6 is 0 Å². The minimum absolute atomic E-state index is 0.119. The highest BCUT2D eigenvalue weighted by Gasteiger charge is 2.42. The highest BCUT2D eigenvalue weighted by Crippen LogP contribution is 2.44. The predicted molar refractivity (Wildman–Crippen MR) is 77.7 cm³/mol. The van der Waals surface area contributed by atoms with Crippen molar-refractivity contribution in [2.75, 3.05) is 11.9 Å². The highest BCUT2D eigenvalue weighted by molar-refractivity contribution is 5.49. The molecule has 1 fully saturated rings. The van der Waals surface area contributed by atoms with Crippen molar-refractivity contribution in [1.29, 1.82) is 0 Å². The van der Waals surface area contributed by atoms with Crippen LogP contribution in [-0.4, -0.2) is 12.9 Å². The van der Waals surface area contributed by atoms with Crippen LogP contribution in [0, 0.1) is 5.92 Å². The number of hydrogen-bond acceptors (Lipinski definition) is 3. The first-order valence-electron chi connectivity index (χ1n) is 7.10. The lowest BCUT2D eigenvalue weighted by Crippen LogP contribution is -2.36. The largest absolute Gasteiger partial charge is 0.464 e. The first kappa shape index (κ1) is 11.8. The molecule has 0 unspecified atom stereocenters. The summed E-state index contributed by atoms with van der Waals surface area (Å²) in [6.07, 6.45) is 0.912. The standard InChI is InChI=1S/C17H17NO2/c1-2-6-12(7-3-1)18-16-13-8-4-5-9-15(13)20-17-14(16)10-11-19-17/h1-9,14,16-18H,10-11H2/t14-,16-,17+/m1/s1. The quantitative estimate of drug-likeness (QED) is 0.902. The Morgan fingerprint density at radius 1 is 0.950 bits per heavy atom. The number of anilines is 1. The molecule has 102 valence electrons. The molecule has 2 aromatic carbocycles. The summed E-state index contributed by atoms with van der Waals surface area (Å²) in [5.74, 6) is 1.30. The molecule has 0 bridgehead atoms. The van der Waals surface area contributed by atoms with Crippen LogP contribution in [0.5, 0.6) is 5.75 Å². The molecule has 1 N–H and O–H groups in total. The molecule has 4 rings (SSSR count). The highest BCUT2D eigenvalue weighted by atomic mass is 16.7. The van der Waals surface area contributed by atoms with Gasteiger partial charge in [0.05, 0.1) is 12.6 Å². The molecule has 0 radical (unpaired) electrons. The van der Waals surface area contributed by atoms with E-state index in [1.165, 1.54) is 5.56 Å². The van der Waals surface area contributed by atoms with Gasteiger partial charge in [-0.1, -0.05) is 36.4 Å². The number of ether oxygens (including phenoxy) is 2. The fourth-order valence-electron chi connectivity index (χ4n) is 3.12. The molecule has 3 atom stereocenters. The molecule has 20 heavy (non-hydrogen) atoms. The van der Waals surface area contributed by atoms with E-state index in [-0.39, 0.29) is 12.3 Å². The van der Waals surface area contributed by atoms with E-state index in [2.05, 4.69) is 41.7 Å². The monoisotopic (exact) mass is 267 g/mol. The van der Waals surface area contributed by atoms with E-state index < -0.39 is 0 Å². The summed E-state index contributed by atoms with van der Waals surface area (Å²) in [7, 11) is 0. The summed E-state index contributed by atoms with van der Waals surface area (Å²) in [6, 6.07) is 18.8. The fraction of sp³-hybridized carbons (Fsp3) is 0.294. The van der Waals surface area contributed by atoms with Crippen LogP contribution in [0.4, 0.5) is 5.69 Å². The second-order valence-corrected chi connectivity index (χ2v) is 5.34. The molecule has 1 saturated heterocycles. The van der Waals surface area contributed by atoms with Crippen molar-refractivity contribution in [3.63, 3.8) is 0 Å². The Balaban J connectivity index is 1.71. The van der Waals surface area contributed by atoms with Gasteiger partial charge in [0.2, 0.25) is 6.29 Å². The van der Waals surface area contributed by atoms with Gasteiger partial charge in [-0.2, -0.15) is 0 Å². The average Bonchev–Trinajstić information content (AvgIpc) is 2.96. The van der Waals surface area contributed by atoms with E-state index in [4.69, 9.17) is 9.47 Å². The zero-order valence-electron chi connectivity index (χ0n) is 11.2. The Labute approximate surface area is 118 Å². The van der Waals surface area contributed by atoms with E-state index >= 15 is 0 Å². The Bertz CT molecular complexity index is 599. The summed E-state index contributed by atoms with van der Waals surface area (Å²) in [4.78, 5) is 0. The molecule has 2 aliphatic heterocycles. The number of para-hydroxylation sites is 2. The van der Waals surface area contributed by atoms with Crippen LogP contribution in [0.1, 0.15) is 18.0 Å². The lowest BCUT2D eigenvalue weighted by molar-refractivity contribution is -0.0747. The molecular formula is C17H17NO2. The SMILES string of the molecule is c1ccc(N[C@@H]2c3ccccc3O[C@@H]3OCC[C@@H]32)cc1. The van der Waals surface area contributed by atoms with Crippen LogP contribution in [0.25, 0.3) is 0 Å². The minimum atomic E-state index is -0.119. The number of nitrogens with one attached hydrogen (secondary N) is 1. The van der Waals surface area contributed by atoms with Crippen LogP contribution in [-0.2, 0) is 4.74 Å². The normalized spacial score (nSPS) is 27.3. The predicted octanol–water partition coefficient (Wildman–Crippen LogP) is 3.59. The van der Waals surface area contributed by atoms with E-state index in [0.29, 0.717) is 5.92 Å². The number of fused-ring (bicyclic) bond motifs is 2. The van der Waals surface area contributed by atoms with Gasteiger partial charge in [0.25, 0.3) is 0 Å². The lowest BCUT2D eigenvalue weighted by Gasteiger charge is -2.35. The maximum Gasteiger partial charge on any atom is 0.205 e. The molecule has 0 amide bonds. The first-order valence-corrected chi connectivity index (χ1v) is 7.10. The van der Waals surface area contributed by atoms with Gasteiger partial charge in [-0.3, -0.25) is 0 Å². The summed E-state index contributed by atoms with van der Waals surface area (Å²) >= 11 is 0. The minimum Gasteiger partial charge on any atom is -0.464 e. The maximum atomic E-state index is 5.96. The molecule has 0 saturated carbocycles. The Morgan fingerprint density at radius 3 is 2.65 bits per heavy atom. The van der Waals surface area contributed by atoms with Crippen molar-refractivity contribution >= 4 is 5.69 Å². The molecule has 3 heteroatoms. The third-order valence-electron chi connectivity index (χ3n) is 4.10. The Kier molecular flexibility index (Phi) is 2.85. The second kappa shape index (κ2) is 4.84. The van der Waals surface area contributed by atoms with Crippen molar-refractivity contribution in [1.82, 2.24) is 0 Å². The van der Waals surface area contributed by atoms with E-state index in [0.717, 1.165) is 24.5 Å². The van der Waals surface area contributed by atoms with Crippen molar-refractivity contribution < 1.29 is 9.47 Å². The van der Waals surface area contributed by atoms with Gasteiger partial charge in [-0.25, -0.2) is 0 Å². The van der Waals surface area contributed by atoms with E-state index in [1.807, 2.05) is 18.2 Å². The number of rotatable bonds is 2. The molecule has 2 aliphatic rings. The van der Waals surface area contributed by atoms with Gasteiger partial charge in [0.15, 0.2) is 0 Å². The van der Waals surface area contributed by atoms with Crippen molar-refractivity contribution in [2.45, 2.75) is 18.8 Å². The Hall–Kier alpha value is -2.00. The number of benzene rings is 2.